The van der Waals surface area contributed by atoms with Crippen LogP contribution in [0.4, 0.5) is 0 Å². The first kappa shape index (κ1) is 13.8. The van der Waals surface area contributed by atoms with Crippen LogP contribution in [0.2, 0.25) is 0 Å². The molecular formula is C14H26N2O2. The maximum atomic E-state index is 12.5. The summed E-state index contributed by atoms with van der Waals surface area (Å²) < 4.78 is 5.55. The Kier molecular flexibility index (Phi) is 4.28. The molecule has 0 aromatic rings. The van der Waals surface area contributed by atoms with Crippen molar-refractivity contribution in [1.82, 2.24) is 4.90 Å². The number of piperidine rings is 1. The lowest BCUT2D eigenvalue weighted by molar-refractivity contribution is -0.144. The van der Waals surface area contributed by atoms with Gasteiger partial charge in [-0.05, 0) is 45.4 Å². The molecule has 1 amide bonds. The van der Waals surface area contributed by atoms with Crippen LogP contribution in [0.5, 0.6) is 0 Å². The predicted octanol–water partition coefficient (Wildman–Crippen LogP) is 1.53. The fraction of sp³-hybridized carbons (Fsp3) is 0.929. The fourth-order valence-corrected chi connectivity index (χ4v) is 3.18. The first-order valence-electron chi connectivity index (χ1n) is 7.13. The van der Waals surface area contributed by atoms with Crippen molar-refractivity contribution in [3.05, 3.63) is 0 Å². The molecule has 0 aromatic heterocycles. The van der Waals surface area contributed by atoms with E-state index in [1.54, 1.807) is 7.11 Å². The number of nitrogens with zero attached hydrogens (tertiary/aromatic N) is 1. The minimum absolute atomic E-state index is 0.154. The van der Waals surface area contributed by atoms with Crippen molar-refractivity contribution < 1.29 is 9.53 Å². The van der Waals surface area contributed by atoms with Crippen molar-refractivity contribution in [2.75, 3.05) is 20.2 Å². The van der Waals surface area contributed by atoms with Crippen molar-refractivity contribution >= 4 is 5.91 Å². The van der Waals surface area contributed by atoms with E-state index in [1.165, 1.54) is 0 Å². The number of carbonyl (C=O) groups is 1. The van der Waals surface area contributed by atoms with Gasteiger partial charge < -0.3 is 15.4 Å². The lowest BCUT2D eigenvalue weighted by Crippen LogP contribution is -2.51. The van der Waals surface area contributed by atoms with E-state index in [1.807, 2.05) is 4.90 Å². The largest absolute Gasteiger partial charge is 0.377 e. The molecule has 1 unspecified atom stereocenters. The van der Waals surface area contributed by atoms with E-state index in [4.69, 9.17) is 10.5 Å². The molecule has 1 saturated heterocycles. The molecule has 0 radical (unpaired) electrons. The standard InChI is InChI=1S/C14H26N2O2/c1-14(18-2)8-3-9-16(10-14)13(17)11-4-6-12(15)7-5-11/h11-12H,3-10,15H2,1-2H3. The van der Waals surface area contributed by atoms with Gasteiger partial charge in [0.2, 0.25) is 5.91 Å². The van der Waals surface area contributed by atoms with Crippen molar-refractivity contribution in [2.24, 2.45) is 11.7 Å². The molecule has 0 spiro atoms. The number of hydrogen-bond acceptors (Lipinski definition) is 3. The average molecular weight is 254 g/mol. The molecule has 4 heteroatoms. The molecule has 1 aliphatic carbocycles. The summed E-state index contributed by atoms with van der Waals surface area (Å²) in [5, 5.41) is 0. The minimum Gasteiger partial charge on any atom is -0.377 e. The second-order valence-electron chi connectivity index (χ2n) is 6.13. The molecule has 2 N–H and O–H groups in total. The SMILES string of the molecule is COC1(C)CCCN(C(=O)C2CCC(N)CC2)C1. The third-order valence-corrected chi connectivity index (χ3v) is 4.58. The van der Waals surface area contributed by atoms with E-state index in [-0.39, 0.29) is 11.5 Å². The smallest absolute Gasteiger partial charge is 0.225 e. The van der Waals surface area contributed by atoms with Gasteiger partial charge in [0, 0.05) is 32.2 Å². The molecule has 2 rings (SSSR count). The first-order valence-corrected chi connectivity index (χ1v) is 7.13. The summed E-state index contributed by atoms with van der Waals surface area (Å²) in [7, 11) is 1.74. The first-order chi connectivity index (χ1) is 8.54. The van der Waals surface area contributed by atoms with E-state index in [0.29, 0.717) is 11.9 Å². The molecule has 1 atom stereocenters. The highest BCUT2D eigenvalue weighted by Gasteiger charge is 2.36. The zero-order chi connectivity index (χ0) is 13.2. The predicted molar refractivity (Wildman–Crippen MR) is 71.2 cm³/mol. The maximum Gasteiger partial charge on any atom is 0.225 e. The van der Waals surface area contributed by atoms with Crippen LogP contribution in [0.25, 0.3) is 0 Å². The van der Waals surface area contributed by atoms with Gasteiger partial charge >= 0.3 is 0 Å². The Bertz CT molecular complexity index is 300. The number of likely N-dealkylation sites (tertiary alicyclic amines) is 1. The molecule has 1 aliphatic heterocycles. The third kappa shape index (κ3) is 3.04. The Morgan fingerprint density at radius 3 is 2.61 bits per heavy atom. The Labute approximate surface area is 110 Å². The summed E-state index contributed by atoms with van der Waals surface area (Å²) >= 11 is 0. The summed E-state index contributed by atoms with van der Waals surface area (Å²) in [6, 6.07) is 0.305. The Morgan fingerprint density at radius 2 is 2.00 bits per heavy atom. The molecule has 104 valence electrons. The van der Waals surface area contributed by atoms with Crippen LogP contribution < -0.4 is 5.73 Å². The highest BCUT2D eigenvalue weighted by molar-refractivity contribution is 5.79. The van der Waals surface area contributed by atoms with Gasteiger partial charge in [0.1, 0.15) is 0 Å². The van der Waals surface area contributed by atoms with Gasteiger partial charge in [-0.2, -0.15) is 0 Å². The van der Waals surface area contributed by atoms with E-state index in [9.17, 15) is 4.79 Å². The number of nitrogens with two attached hydrogens (primary N) is 1. The van der Waals surface area contributed by atoms with Gasteiger partial charge in [0.15, 0.2) is 0 Å². The topological polar surface area (TPSA) is 55.6 Å². The second kappa shape index (κ2) is 5.57. The number of hydrogen-bond donors (Lipinski definition) is 1. The van der Waals surface area contributed by atoms with Gasteiger partial charge in [-0.25, -0.2) is 0 Å². The fourth-order valence-electron chi connectivity index (χ4n) is 3.18. The monoisotopic (exact) mass is 254 g/mol. The van der Waals surface area contributed by atoms with Crippen LogP contribution in [0.1, 0.15) is 45.4 Å². The zero-order valence-electron chi connectivity index (χ0n) is 11.7. The van der Waals surface area contributed by atoms with Crippen LogP contribution in [0.15, 0.2) is 0 Å². The van der Waals surface area contributed by atoms with Gasteiger partial charge in [-0.1, -0.05) is 0 Å². The van der Waals surface area contributed by atoms with Crippen LogP contribution in [0, 0.1) is 5.92 Å². The number of rotatable bonds is 2. The molecule has 2 fully saturated rings. The quantitative estimate of drug-likeness (QED) is 0.813. The highest BCUT2D eigenvalue weighted by Crippen LogP contribution is 2.29. The summed E-state index contributed by atoms with van der Waals surface area (Å²) in [5.41, 5.74) is 5.74. The number of amides is 1. The zero-order valence-corrected chi connectivity index (χ0v) is 11.7. The van der Waals surface area contributed by atoms with Crippen LogP contribution in [0.3, 0.4) is 0 Å². The van der Waals surface area contributed by atoms with E-state index in [2.05, 4.69) is 6.92 Å². The Morgan fingerprint density at radius 1 is 1.33 bits per heavy atom. The molecule has 18 heavy (non-hydrogen) atoms. The molecule has 4 nitrogen and oxygen atoms in total. The number of ether oxygens (including phenoxy) is 1. The summed E-state index contributed by atoms with van der Waals surface area (Å²) in [4.78, 5) is 14.5. The number of methoxy groups -OCH3 is 1. The van der Waals surface area contributed by atoms with Crippen LogP contribution in [-0.2, 0) is 9.53 Å². The highest BCUT2D eigenvalue weighted by atomic mass is 16.5. The van der Waals surface area contributed by atoms with E-state index < -0.39 is 0 Å². The van der Waals surface area contributed by atoms with Crippen molar-refractivity contribution in [3.63, 3.8) is 0 Å². The molecule has 0 bridgehead atoms. The lowest BCUT2D eigenvalue weighted by atomic mass is 9.84. The molecule has 1 saturated carbocycles. The Balaban J connectivity index is 1.92. The molecule has 2 aliphatic rings. The third-order valence-electron chi connectivity index (χ3n) is 4.58. The molecular weight excluding hydrogens is 228 g/mol. The van der Waals surface area contributed by atoms with Crippen molar-refractivity contribution in [1.29, 1.82) is 0 Å². The minimum atomic E-state index is -0.154. The molecule has 0 aromatic carbocycles. The van der Waals surface area contributed by atoms with Crippen molar-refractivity contribution in [3.8, 4) is 0 Å². The number of carbonyl (C=O) groups excluding carboxylic acids is 1. The molecule has 1 heterocycles. The van der Waals surface area contributed by atoms with Gasteiger partial charge in [0.25, 0.3) is 0 Å². The normalized spacial score (nSPS) is 37.6. The summed E-state index contributed by atoms with van der Waals surface area (Å²) in [6.07, 6.45) is 5.99. The van der Waals surface area contributed by atoms with Crippen LogP contribution >= 0.6 is 0 Å². The van der Waals surface area contributed by atoms with Crippen LogP contribution in [-0.4, -0.2) is 42.6 Å². The Hall–Kier alpha value is -0.610. The summed E-state index contributed by atoms with van der Waals surface area (Å²) in [6.45, 7) is 3.73. The lowest BCUT2D eigenvalue weighted by Gasteiger charge is -2.41. The van der Waals surface area contributed by atoms with Gasteiger partial charge in [-0.3, -0.25) is 4.79 Å². The summed E-state index contributed by atoms with van der Waals surface area (Å²) in [5.74, 6) is 0.522. The maximum absolute atomic E-state index is 12.5. The average Bonchev–Trinajstić information content (AvgIpc) is 2.39. The van der Waals surface area contributed by atoms with E-state index >= 15 is 0 Å². The van der Waals surface area contributed by atoms with Gasteiger partial charge in [-0.15, -0.1) is 0 Å². The van der Waals surface area contributed by atoms with Crippen molar-refractivity contribution in [2.45, 2.75) is 57.1 Å². The van der Waals surface area contributed by atoms with E-state index in [0.717, 1.165) is 51.6 Å². The van der Waals surface area contributed by atoms with Gasteiger partial charge in [0.05, 0.1) is 5.60 Å². The second-order valence-corrected chi connectivity index (χ2v) is 6.13.